The zero-order chi connectivity index (χ0) is 10.1. The zero-order valence-electron chi connectivity index (χ0n) is 7.53. The maximum absolute atomic E-state index is 10.8. The lowest BCUT2D eigenvalue weighted by Gasteiger charge is -2.27. The Bertz CT molecular complexity index is 374. The van der Waals surface area contributed by atoms with E-state index < -0.39 is 5.97 Å². The minimum Gasteiger partial charge on any atom is -0.478 e. The molecule has 0 bridgehead atoms. The van der Waals surface area contributed by atoms with E-state index in [0.29, 0.717) is 0 Å². The number of anilines is 1. The molecule has 1 fully saturated rings. The fourth-order valence-corrected chi connectivity index (χ4v) is 1.43. The van der Waals surface area contributed by atoms with Gasteiger partial charge in [0.2, 0.25) is 0 Å². The van der Waals surface area contributed by atoms with Crippen LogP contribution < -0.4 is 11.1 Å². The number of nitrogens with one attached hydrogen (secondary N) is 1. The summed E-state index contributed by atoms with van der Waals surface area (Å²) in [5.74, 6) is -0.961. The van der Waals surface area contributed by atoms with Gasteiger partial charge in [0.15, 0.2) is 0 Å². The van der Waals surface area contributed by atoms with Gasteiger partial charge in [0.05, 0.1) is 0 Å². The van der Waals surface area contributed by atoms with E-state index in [9.17, 15) is 4.79 Å². The number of nitrogens with two attached hydrogens (primary N) is 1. The molecule has 1 unspecified atom stereocenters. The molecule has 5 nitrogen and oxygen atoms in total. The first kappa shape index (κ1) is 8.96. The third-order valence-corrected chi connectivity index (χ3v) is 2.40. The topological polar surface area (TPSA) is 88.2 Å². The number of rotatable bonds is 2. The number of hydrogen-bond donors (Lipinski definition) is 3. The molecule has 0 aromatic carbocycles. The third kappa shape index (κ3) is 1.42. The molecule has 4 N–H and O–H groups in total. The van der Waals surface area contributed by atoms with Crippen LogP contribution in [-0.4, -0.2) is 22.6 Å². The molecule has 1 saturated heterocycles. The minimum atomic E-state index is -1.03. The maximum atomic E-state index is 10.8. The van der Waals surface area contributed by atoms with Crippen LogP contribution in [0.15, 0.2) is 12.3 Å². The molecular weight excluding hydrogens is 182 g/mol. The molecule has 2 heterocycles. The average molecular weight is 193 g/mol. The van der Waals surface area contributed by atoms with Gasteiger partial charge in [0.25, 0.3) is 0 Å². The van der Waals surface area contributed by atoms with E-state index >= 15 is 0 Å². The van der Waals surface area contributed by atoms with Crippen LogP contribution in [0.2, 0.25) is 0 Å². The summed E-state index contributed by atoms with van der Waals surface area (Å²) >= 11 is 0. The highest BCUT2D eigenvalue weighted by Gasteiger charge is 2.20. The number of carboxylic acids is 1. The van der Waals surface area contributed by atoms with Gasteiger partial charge in [-0.25, -0.2) is 9.78 Å². The Balaban J connectivity index is 2.34. The molecule has 2 rings (SSSR count). The number of carbonyl (C=O) groups is 1. The van der Waals surface area contributed by atoms with Gasteiger partial charge in [-0.15, -0.1) is 0 Å². The highest BCUT2D eigenvalue weighted by molar-refractivity contribution is 5.92. The quantitative estimate of drug-likeness (QED) is 0.632. The van der Waals surface area contributed by atoms with Crippen LogP contribution in [0, 0.1) is 0 Å². The van der Waals surface area contributed by atoms with Crippen LogP contribution in [-0.2, 0) is 0 Å². The summed E-state index contributed by atoms with van der Waals surface area (Å²) in [7, 11) is 0. The molecule has 1 aliphatic rings. The predicted octanol–water partition coefficient (Wildman–Crippen LogP) is 0.396. The van der Waals surface area contributed by atoms with Gasteiger partial charge in [-0.05, 0) is 24.6 Å². The Hall–Kier alpha value is -1.62. The normalized spacial score (nSPS) is 20.1. The van der Waals surface area contributed by atoms with E-state index in [4.69, 9.17) is 10.8 Å². The first-order chi connectivity index (χ1) is 6.68. The van der Waals surface area contributed by atoms with Gasteiger partial charge in [-0.3, -0.25) is 0 Å². The van der Waals surface area contributed by atoms with E-state index in [1.807, 2.05) is 0 Å². The van der Waals surface area contributed by atoms with Crippen LogP contribution in [0.1, 0.15) is 28.4 Å². The lowest BCUT2D eigenvalue weighted by molar-refractivity contribution is 0.0697. The standard InChI is InChI=1S/C9H11N3O2/c10-8-6(9(13)14)3-5(4-12-8)7-1-2-11-7/h3-4,7,11H,1-2H2,(H2,10,12)(H,13,14). The molecule has 1 atom stereocenters. The molecule has 0 aliphatic carbocycles. The van der Waals surface area contributed by atoms with Crippen molar-refractivity contribution < 1.29 is 9.90 Å². The summed E-state index contributed by atoms with van der Waals surface area (Å²) in [6, 6.07) is 1.82. The van der Waals surface area contributed by atoms with Crippen LogP contribution in [0.3, 0.4) is 0 Å². The number of nitrogens with zero attached hydrogens (tertiary/aromatic N) is 1. The van der Waals surface area contributed by atoms with Gasteiger partial charge in [0.1, 0.15) is 11.4 Å². The van der Waals surface area contributed by atoms with E-state index in [1.165, 1.54) is 0 Å². The fourth-order valence-electron chi connectivity index (χ4n) is 1.43. The molecule has 0 radical (unpaired) electrons. The molecule has 1 aromatic heterocycles. The van der Waals surface area contributed by atoms with Crippen LogP contribution in [0.4, 0.5) is 5.82 Å². The van der Waals surface area contributed by atoms with Crippen molar-refractivity contribution >= 4 is 11.8 Å². The zero-order valence-corrected chi connectivity index (χ0v) is 7.53. The summed E-state index contributed by atoms with van der Waals surface area (Å²) in [6.07, 6.45) is 2.64. The summed E-state index contributed by atoms with van der Waals surface area (Å²) in [5.41, 5.74) is 6.41. The van der Waals surface area contributed by atoms with Crippen LogP contribution >= 0.6 is 0 Å². The number of carboxylic acid groups (broad SMARTS) is 1. The van der Waals surface area contributed by atoms with Gasteiger partial charge in [-0.2, -0.15) is 0 Å². The minimum absolute atomic E-state index is 0.0700. The monoisotopic (exact) mass is 193 g/mol. The third-order valence-electron chi connectivity index (χ3n) is 2.40. The molecule has 14 heavy (non-hydrogen) atoms. The highest BCUT2D eigenvalue weighted by Crippen LogP contribution is 2.24. The van der Waals surface area contributed by atoms with Crippen molar-refractivity contribution in [1.82, 2.24) is 10.3 Å². The second kappa shape index (κ2) is 3.26. The maximum Gasteiger partial charge on any atom is 0.339 e. The van der Waals surface area contributed by atoms with Gasteiger partial charge in [-0.1, -0.05) is 0 Å². The van der Waals surface area contributed by atoms with E-state index in [1.54, 1.807) is 12.3 Å². The predicted molar refractivity (Wildman–Crippen MR) is 51.0 cm³/mol. The smallest absolute Gasteiger partial charge is 0.339 e. The Labute approximate surface area is 81.0 Å². The lowest BCUT2D eigenvalue weighted by atomic mass is 9.98. The number of aromatic carboxylic acids is 1. The molecule has 0 saturated carbocycles. The average Bonchev–Trinajstić information content (AvgIpc) is 2.04. The Kier molecular flexibility index (Phi) is 2.09. The van der Waals surface area contributed by atoms with Gasteiger partial charge >= 0.3 is 5.97 Å². The summed E-state index contributed by atoms with van der Waals surface area (Å²) in [5, 5.41) is 12.0. The van der Waals surface area contributed by atoms with Crippen LogP contribution in [0.5, 0.6) is 0 Å². The van der Waals surface area contributed by atoms with E-state index in [2.05, 4.69) is 10.3 Å². The fraction of sp³-hybridized carbons (Fsp3) is 0.333. The van der Waals surface area contributed by atoms with Crippen molar-refractivity contribution in [3.8, 4) is 0 Å². The second-order valence-electron chi connectivity index (χ2n) is 3.30. The van der Waals surface area contributed by atoms with Crippen LogP contribution in [0.25, 0.3) is 0 Å². The van der Waals surface area contributed by atoms with Crippen molar-refractivity contribution in [2.75, 3.05) is 12.3 Å². The van der Waals surface area contributed by atoms with Crippen molar-refractivity contribution in [3.05, 3.63) is 23.4 Å². The van der Waals surface area contributed by atoms with Gasteiger partial charge < -0.3 is 16.2 Å². The second-order valence-corrected chi connectivity index (χ2v) is 3.30. The Morgan fingerprint density at radius 1 is 1.71 bits per heavy atom. The van der Waals surface area contributed by atoms with E-state index in [0.717, 1.165) is 18.5 Å². The van der Waals surface area contributed by atoms with Crippen molar-refractivity contribution in [2.24, 2.45) is 0 Å². The summed E-state index contributed by atoms with van der Waals surface area (Å²) < 4.78 is 0. The summed E-state index contributed by atoms with van der Waals surface area (Å²) in [4.78, 5) is 14.6. The van der Waals surface area contributed by atoms with Crippen molar-refractivity contribution in [2.45, 2.75) is 12.5 Å². The molecule has 0 amide bonds. The number of hydrogen-bond acceptors (Lipinski definition) is 4. The molecule has 5 heteroatoms. The van der Waals surface area contributed by atoms with Crippen molar-refractivity contribution in [3.63, 3.8) is 0 Å². The summed E-state index contributed by atoms with van der Waals surface area (Å²) in [6.45, 7) is 0.970. The largest absolute Gasteiger partial charge is 0.478 e. The van der Waals surface area contributed by atoms with Crippen molar-refractivity contribution in [1.29, 1.82) is 0 Å². The molecule has 0 spiro atoms. The Morgan fingerprint density at radius 2 is 2.43 bits per heavy atom. The number of nitrogen functional groups attached to an aromatic ring is 1. The van der Waals surface area contributed by atoms with E-state index in [-0.39, 0.29) is 17.4 Å². The number of aromatic nitrogens is 1. The SMILES string of the molecule is Nc1ncc(C2CCN2)cc1C(=O)O. The molecule has 1 aromatic rings. The molecule has 1 aliphatic heterocycles. The first-order valence-electron chi connectivity index (χ1n) is 4.40. The van der Waals surface area contributed by atoms with Gasteiger partial charge in [0, 0.05) is 12.2 Å². The number of pyridine rings is 1. The molecule has 74 valence electrons. The lowest BCUT2D eigenvalue weighted by Crippen LogP contribution is -2.35. The Morgan fingerprint density at radius 3 is 2.93 bits per heavy atom. The first-order valence-corrected chi connectivity index (χ1v) is 4.40. The highest BCUT2D eigenvalue weighted by atomic mass is 16.4. The molecular formula is C9H11N3O2.